The van der Waals surface area contributed by atoms with Gasteiger partial charge in [-0.2, -0.15) is 0 Å². The standard InChI is InChI=1S/C18H23N3O2/c1-3-18(23)20(2)12-17(22)19-15-6-4-5-7-16(15)21-11-13-8-9-14(21)10-13/h3-7,13-14H,1,8-12H2,2H3,(H,19,22). The third kappa shape index (κ3) is 3.23. The number of carbonyl (C=O) groups is 2. The predicted octanol–water partition coefficient (Wildman–Crippen LogP) is 2.26. The molecule has 1 N–H and O–H groups in total. The summed E-state index contributed by atoms with van der Waals surface area (Å²) in [6, 6.07) is 8.52. The van der Waals surface area contributed by atoms with E-state index in [0.29, 0.717) is 6.04 Å². The largest absolute Gasteiger partial charge is 0.367 e. The highest BCUT2D eigenvalue weighted by molar-refractivity contribution is 5.98. The van der Waals surface area contributed by atoms with Crippen LogP contribution < -0.4 is 10.2 Å². The van der Waals surface area contributed by atoms with Crippen LogP contribution in [0, 0.1) is 5.92 Å². The van der Waals surface area contributed by atoms with Crippen LogP contribution in [0.1, 0.15) is 19.3 Å². The topological polar surface area (TPSA) is 52.7 Å². The molecule has 2 bridgehead atoms. The van der Waals surface area contributed by atoms with E-state index in [9.17, 15) is 9.59 Å². The quantitative estimate of drug-likeness (QED) is 0.848. The molecule has 2 fully saturated rings. The zero-order valence-electron chi connectivity index (χ0n) is 13.5. The van der Waals surface area contributed by atoms with Crippen molar-refractivity contribution in [2.45, 2.75) is 25.3 Å². The first kappa shape index (κ1) is 15.6. The Morgan fingerprint density at radius 1 is 1.39 bits per heavy atom. The van der Waals surface area contributed by atoms with Gasteiger partial charge in [-0.15, -0.1) is 0 Å². The molecule has 1 saturated carbocycles. The molecule has 23 heavy (non-hydrogen) atoms. The van der Waals surface area contributed by atoms with Crippen LogP contribution in [-0.2, 0) is 9.59 Å². The summed E-state index contributed by atoms with van der Waals surface area (Å²) < 4.78 is 0. The first-order chi connectivity index (χ1) is 11.1. The maximum Gasteiger partial charge on any atom is 0.246 e. The van der Waals surface area contributed by atoms with Crippen molar-refractivity contribution < 1.29 is 9.59 Å². The van der Waals surface area contributed by atoms with Crippen LogP contribution in [0.15, 0.2) is 36.9 Å². The molecule has 0 spiro atoms. The molecule has 1 aromatic rings. The highest BCUT2D eigenvalue weighted by atomic mass is 16.2. The van der Waals surface area contributed by atoms with E-state index in [1.807, 2.05) is 18.2 Å². The minimum absolute atomic E-state index is 0.0191. The maximum absolute atomic E-state index is 12.2. The Labute approximate surface area is 137 Å². The number of carbonyl (C=O) groups excluding carboxylic acids is 2. The van der Waals surface area contributed by atoms with Gasteiger partial charge in [0.15, 0.2) is 0 Å². The van der Waals surface area contributed by atoms with Crippen LogP contribution in [0.3, 0.4) is 0 Å². The molecule has 0 radical (unpaired) electrons. The average molecular weight is 313 g/mol. The highest BCUT2D eigenvalue weighted by Crippen LogP contribution is 2.42. The number of anilines is 2. The molecule has 2 aliphatic rings. The van der Waals surface area contributed by atoms with Gasteiger partial charge < -0.3 is 15.1 Å². The van der Waals surface area contributed by atoms with E-state index >= 15 is 0 Å². The van der Waals surface area contributed by atoms with Gasteiger partial charge in [0, 0.05) is 19.6 Å². The lowest BCUT2D eigenvalue weighted by Crippen LogP contribution is -2.35. The van der Waals surface area contributed by atoms with E-state index in [0.717, 1.165) is 23.8 Å². The summed E-state index contributed by atoms with van der Waals surface area (Å²) in [5, 5.41) is 2.95. The molecule has 2 unspecified atom stereocenters. The molecule has 1 aliphatic heterocycles. The number of rotatable bonds is 5. The van der Waals surface area contributed by atoms with Gasteiger partial charge in [-0.05, 0) is 43.4 Å². The first-order valence-electron chi connectivity index (χ1n) is 8.11. The first-order valence-corrected chi connectivity index (χ1v) is 8.11. The molecule has 2 atom stereocenters. The number of para-hydroxylation sites is 2. The Morgan fingerprint density at radius 3 is 2.83 bits per heavy atom. The average Bonchev–Trinajstić information content (AvgIpc) is 3.17. The van der Waals surface area contributed by atoms with Crippen molar-refractivity contribution in [1.29, 1.82) is 0 Å². The van der Waals surface area contributed by atoms with Crippen molar-refractivity contribution in [2.24, 2.45) is 5.92 Å². The summed E-state index contributed by atoms with van der Waals surface area (Å²) in [7, 11) is 1.59. The fraction of sp³-hybridized carbons (Fsp3) is 0.444. The minimum atomic E-state index is -0.259. The van der Waals surface area contributed by atoms with Gasteiger partial charge >= 0.3 is 0 Å². The number of likely N-dealkylation sites (N-methyl/N-ethyl adjacent to an activating group) is 1. The Bertz CT molecular complexity index is 628. The normalized spacial score (nSPS) is 22.0. The van der Waals surface area contributed by atoms with E-state index in [4.69, 9.17) is 0 Å². The predicted molar refractivity (Wildman–Crippen MR) is 91.4 cm³/mol. The van der Waals surface area contributed by atoms with E-state index in [-0.39, 0.29) is 18.4 Å². The fourth-order valence-corrected chi connectivity index (χ4v) is 3.69. The van der Waals surface area contributed by atoms with Crippen LogP contribution in [0.4, 0.5) is 11.4 Å². The molecule has 5 nitrogen and oxygen atoms in total. The zero-order valence-corrected chi connectivity index (χ0v) is 13.5. The fourth-order valence-electron chi connectivity index (χ4n) is 3.69. The van der Waals surface area contributed by atoms with Crippen LogP contribution in [0.5, 0.6) is 0 Å². The molecule has 3 rings (SSSR count). The van der Waals surface area contributed by atoms with E-state index in [2.05, 4.69) is 22.9 Å². The lowest BCUT2D eigenvalue weighted by molar-refractivity contribution is -0.129. The van der Waals surface area contributed by atoms with Gasteiger partial charge in [-0.25, -0.2) is 0 Å². The number of hydrogen-bond donors (Lipinski definition) is 1. The van der Waals surface area contributed by atoms with Crippen molar-refractivity contribution in [1.82, 2.24) is 4.90 Å². The number of nitrogens with zero attached hydrogens (tertiary/aromatic N) is 2. The number of benzene rings is 1. The van der Waals surface area contributed by atoms with Crippen molar-refractivity contribution in [2.75, 3.05) is 30.4 Å². The van der Waals surface area contributed by atoms with Gasteiger partial charge in [0.1, 0.15) is 0 Å². The lowest BCUT2D eigenvalue weighted by atomic mass is 10.1. The van der Waals surface area contributed by atoms with Gasteiger partial charge in [-0.1, -0.05) is 18.7 Å². The lowest BCUT2D eigenvalue weighted by Gasteiger charge is -2.31. The van der Waals surface area contributed by atoms with E-state index in [1.165, 1.54) is 30.2 Å². The van der Waals surface area contributed by atoms with Crippen molar-refractivity contribution in [3.8, 4) is 0 Å². The summed E-state index contributed by atoms with van der Waals surface area (Å²) in [5.41, 5.74) is 1.91. The van der Waals surface area contributed by atoms with Crippen LogP contribution >= 0.6 is 0 Å². The van der Waals surface area contributed by atoms with Gasteiger partial charge in [0.05, 0.1) is 17.9 Å². The molecule has 122 valence electrons. The molecule has 0 aromatic heterocycles. The molecule has 1 saturated heterocycles. The Morgan fingerprint density at radius 2 is 2.17 bits per heavy atom. The van der Waals surface area contributed by atoms with Gasteiger partial charge in [0.2, 0.25) is 11.8 Å². The molecular weight excluding hydrogens is 290 g/mol. The minimum Gasteiger partial charge on any atom is -0.367 e. The summed E-state index contributed by atoms with van der Waals surface area (Å²) in [6.45, 7) is 4.53. The molecule has 5 heteroatoms. The number of hydrogen-bond acceptors (Lipinski definition) is 3. The molecule has 1 heterocycles. The Balaban J connectivity index is 1.70. The van der Waals surface area contributed by atoms with E-state index in [1.54, 1.807) is 7.05 Å². The summed E-state index contributed by atoms with van der Waals surface area (Å²) in [5.74, 6) is 0.338. The maximum atomic E-state index is 12.2. The third-order valence-corrected chi connectivity index (χ3v) is 4.83. The second-order valence-electron chi connectivity index (χ2n) is 6.45. The number of nitrogens with one attached hydrogen (secondary N) is 1. The highest BCUT2D eigenvalue weighted by Gasteiger charge is 2.38. The van der Waals surface area contributed by atoms with Crippen LogP contribution in [-0.4, -0.2) is 42.9 Å². The second kappa shape index (κ2) is 6.44. The van der Waals surface area contributed by atoms with Crippen molar-refractivity contribution in [3.63, 3.8) is 0 Å². The number of piperidine rings is 1. The number of amides is 2. The van der Waals surface area contributed by atoms with Crippen LogP contribution in [0.25, 0.3) is 0 Å². The van der Waals surface area contributed by atoms with Crippen LogP contribution in [0.2, 0.25) is 0 Å². The van der Waals surface area contributed by atoms with Gasteiger partial charge in [-0.3, -0.25) is 9.59 Å². The monoisotopic (exact) mass is 313 g/mol. The van der Waals surface area contributed by atoms with Gasteiger partial charge in [0.25, 0.3) is 0 Å². The Kier molecular flexibility index (Phi) is 4.37. The third-order valence-electron chi connectivity index (χ3n) is 4.83. The van der Waals surface area contributed by atoms with Crippen molar-refractivity contribution in [3.05, 3.63) is 36.9 Å². The second-order valence-corrected chi connectivity index (χ2v) is 6.45. The van der Waals surface area contributed by atoms with E-state index < -0.39 is 0 Å². The SMILES string of the molecule is C=CC(=O)N(C)CC(=O)Nc1ccccc1N1CC2CCC1C2. The Hall–Kier alpha value is -2.30. The summed E-state index contributed by atoms with van der Waals surface area (Å²) in [6.07, 6.45) is 5.04. The smallest absolute Gasteiger partial charge is 0.246 e. The molecule has 1 aromatic carbocycles. The molecule has 2 amide bonds. The number of fused-ring (bicyclic) bond motifs is 2. The molecule has 1 aliphatic carbocycles. The zero-order chi connectivity index (χ0) is 16.4. The summed E-state index contributed by atoms with van der Waals surface area (Å²) >= 11 is 0. The van der Waals surface area contributed by atoms with Crippen molar-refractivity contribution >= 4 is 23.2 Å². The summed E-state index contributed by atoms with van der Waals surface area (Å²) in [4.78, 5) is 27.5. The molecular formula is C18H23N3O2.